The highest BCUT2D eigenvalue weighted by Gasteiger charge is 2.20. The number of morpholine rings is 1. The zero-order valence-electron chi connectivity index (χ0n) is 11.6. The minimum Gasteiger partial charge on any atom is -0.492 e. The van der Waals surface area contributed by atoms with E-state index < -0.39 is 0 Å². The Balaban J connectivity index is 0.00000200. The Labute approximate surface area is 125 Å². The molecule has 0 aromatic heterocycles. The molecule has 2 rings (SSSR count). The van der Waals surface area contributed by atoms with Crippen LogP contribution in [0.15, 0.2) is 24.3 Å². The summed E-state index contributed by atoms with van der Waals surface area (Å²) in [6.45, 7) is 4.92. The van der Waals surface area contributed by atoms with E-state index in [1.807, 2.05) is 31.2 Å². The zero-order valence-corrected chi connectivity index (χ0v) is 12.4. The lowest BCUT2D eigenvalue weighted by atomic mass is 10.2. The SMILES string of the molecule is Cc1ccc(OCCNC(=O)C2CNCCO2)cc1.Cl. The lowest BCUT2D eigenvalue weighted by molar-refractivity contribution is -0.134. The molecule has 2 N–H and O–H groups in total. The molecule has 112 valence electrons. The number of ether oxygens (including phenoxy) is 2. The van der Waals surface area contributed by atoms with E-state index in [-0.39, 0.29) is 24.4 Å². The van der Waals surface area contributed by atoms with Crippen LogP contribution in [0.2, 0.25) is 0 Å². The molecule has 6 heteroatoms. The van der Waals surface area contributed by atoms with Crippen molar-refractivity contribution in [1.82, 2.24) is 10.6 Å². The molecule has 0 spiro atoms. The van der Waals surface area contributed by atoms with Crippen LogP contribution >= 0.6 is 12.4 Å². The van der Waals surface area contributed by atoms with Gasteiger partial charge in [-0.3, -0.25) is 4.79 Å². The molecule has 5 nitrogen and oxygen atoms in total. The molecule has 1 aliphatic rings. The predicted molar refractivity (Wildman–Crippen MR) is 79.5 cm³/mol. The van der Waals surface area contributed by atoms with Gasteiger partial charge in [-0.15, -0.1) is 12.4 Å². The standard InChI is InChI=1S/C14H20N2O3.ClH/c1-11-2-4-12(5-3-11)18-9-7-16-14(17)13-10-15-6-8-19-13;/h2-5,13,15H,6-10H2,1H3,(H,16,17);1H. The molecule has 1 saturated heterocycles. The van der Waals surface area contributed by atoms with Crippen molar-refractivity contribution >= 4 is 18.3 Å². The first-order valence-corrected chi connectivity index (χ1v) is 6.55. The molecule has 1 aliphatic heterocycles. The zero-order chi connectivity index (χ0) is 13.5. The van der Waals surface area contributed by atoms with Crippen LogP contribution in [0.5, 0.6) is 5.75 Å². The number of hydrogen-bond acceptors (Lipinski definition) is 4. The average molecular weight is 301 g/mol. The summed E-state index contributed by atoms with van der Waals surface area (Å²) >= 11 is 0. The first-order chi connectivity index (χ1) is 9.25. The number of rotatable bonds is 5. The largest absolute Gasteiger partial charge is 0.492 e. The summed E-state index contributed by atoms with van der Waals surface area (Å²) in [5, 5.41) is 5.93. The van der Waals surface area contributed by atoms with Crippen LogP contribution < -0.4 is 15.4 Å². The summed E-state index contributed by atoms with van der Waals surface area (Å²) in [6.07, 6.45) is -0.381. The molecular weight excluding hydrogens is 280 g/mol. The molecule has 1 unspecified atom stereocenters. The van der Waals surface area contributed by atoms with Crippen LogP contribution in [0.1, 0.15) is 5.56 Å². The summed E-state index contributed by atoms with van der Waals surface area (Å²) in [7, 11) is 0. The van der Waals surface area contributed by atoms with E-state index in [2.05, 4.69) is 10.6 Å². The van der Waals surface area contributed by atoms with Crippen LogP contribution in [-0.4, -0.2) is 44.9 Å². The van der Waals surface area contributed by atoms with Crippen LogP contribution in [0.3, 0.4) is 0 Å². The second kappa shape index (κ2) is 8.79. The van der Waals surface area contributed by atoms with Crippen LogP contribution in [0, 0.1) is 6.92 Å². The van der Waals surface area contributed by atoms with Crippen molar-refractivity contribution in [2.75, 3.05) is 32.8 Å². The van der Waals surface area contributed by atoms with E-state index in [1.165, 1.54) is 5.56 Å². The molecule has 0 radical (unpaired) electrons. The highest BCUT2D eigenvalue weighted by molar-refractivity contribution is 5.85. The van der Waals surface area contributed by atoms with E-state index in [4.69, 9.17) is 9.47 Å². The number of amides is 1. The van der Waals surface area contributed by atoms with Gasteiger partial charge in [0.1, 0.15) is 18.5 Å². The minimum absolute atomic E-state index is 0. The molecule has 1 fully saturated rings. The third-order valence-corrected chi connectivity index (χ3v) is 2.91. The van der Waals surface area contributed by atoms with Gasteiger partial charge in [0.2, 0.25) is 0 Å². The maximum Gasteiger partial charge on any atom is 0.250 e. The highest BCUT2D eigenvalue weighted by Crippen LogP contribution is 2.10. The Hall–Kier alpha value is -1.30. The highest BCUT2D eigenvalue weighted by atomic mass is 35.5. The molecule has 1 atom stereocenters. The first-order valence-electron chi connectivity index (χ1n) is 6.55. The van der Waals surface area contributed by atoms with Gasteiger partial charge in [0.05, 0.1) is 13.2 Å². The van der Waals surface area contributed by atoms with Crippen molar-refractivity contribution in [1.29, 1.82) is 0 Å². The van der Waals surface area contributed by atoms with Crippen LogP contribution in [0.4, 0.5) is 0 Å². The molecule has 0 bridgehead atoms. The van der Waals surface area contributed by atoms with Gasteiger partial charge in [-0.25, -0.2) is 0 Å². The van der Waals surface area contributed by atoms with Gasteiger partial charge in [0, 0.05) is 13.1 Å². The Bertz CT molecular complexity index is 405. The fourth-order valence-corrected chi connectivity index (χ4v) is 1.83. The van der Waals surface area contributed by atoms with E-state index in [9.17, 15) is 4.79 Å². The van der Waals surface area contributed by atoms with Gasteiger partial charge in [-0.2, -0.15) is 0 Å². The summed E-state index contributed by atoms with van der Waals surface area (Å²) in [6, 6.07) is 7.83. The number of carbonyl (C=O) groups excluding carboxylic acids is 1. The Morgan fingerprint density at radius 2 is 2.20 bits per heavy atom. The predicted octanol–water partition coefficient (Wildman–Crippen LogP) is 0.900. The van der Waals surface area contributed by atoms with Crippen molar-refractivity contribution in [3.63, 3.8) is 0 Å². The maximum absolute atomic E-state index is 11.7. The van der Waals surface area contributed by atoms with Gasteiger partial charge in [0.15, 0.2) is 0 Å². The quantitative estimate of drug-likeness (QED) is 0.793. The third-order valence-electron chi connectivity index (χ3n) is 2.91. The second-order valence-electron chi connectivity index (χ2n) is 4.52. The van der Waals surface area contributed by atoms with E-state index in [0.717, 1.165) is 12.3 Å². The van der Waals surface area contributed by atoms with E-state index in [1.54, 1.807) is 0 Å². The van der Waals surface area contributed by atoms with Crippen molar-refractivity contribution in [3.05, 3.63) is 29.8 Å². The molecule has 1 aromatic rings. The monoisotopic (exact) mass is 300 g/mol. The molecule has 1 aromatic carbocycles. The molecule has 1 amide bonds. The van der Waals surface area contributed by atoms with Crippen LogP contribution in [0.25, 0.3) is 0 Å². The number of carbonyl (C=O) groups is 1. The lowest BCUT2D eigenvalue weighted by Crippen LogP contribution is -2.48. The minimum atomic E-state index is -0.381. The van der Waals surface area contributed by atoms with Gasteiger partial charge >= 0.3 is 0 Å². The number of aryl methyl sites for hydroxylation is 1. The summed E-state index contributed by atoms with van der Waals surface area (Å²) in [5.41, 5.74) is 1.20. The molecule has 0 aliphatic carbocycles. The van der Waals surface area contributed by atoms with Crippen molar-refractivity contribution < 1.29 is 14.3 Å². The fourth-order valence-electron chi connectivity index (χ4n) is 1.83. The smallest absolute Gasteiger partial charge is 0.250 e. The van der Waals surface area contributed by atoms with Gasteiger partial charge < -0.3 is 20.1 Å². The van der Waals surface area contributed by atoms with Gasteiger partial charge in [-0.1, -0.05) is 17.7 Å². The van der Waals surface area contributed by atoms with Crippen molar-refractivity contribution in [3.8, 4) is 5.75 Å². The summed E-state index contributed by atoms with van der Waals surface area (Å²) in [4.78, 5) is 11.7. The van der Waals surface area contributed by atoms with Gasteiger partial charge in [-0.05, 0) is 19.1 Å². The third kappa shape index (κ3) is 5.36. The fraction of sp³-hybridized carbons (Fsp3) is 0.500. The van der Waals surface area contributed by atoms with Crippen molar-refractivity contribution in [2.24, 2.45) is 0 Å². The Morgan fingerprint density at radius 3 is 2.85 bits per heavy atom. The Kier molecular flexibility index (Phi) is 7.36. The molecule has 1 heterocycles. The first kappa shape index (κ1) is 16.8. The normalized spacial score (nSPS) is 17.9. The number of halogens is 1. The average Bonchev–Trinajstić information content (AvgIpc) is 2.46. The Morgan fingerprint density at radius 1 is 1.45 bits per heavy atom. The lowest BCUT2D eigenvalue weighted by Gasteiger charge is -2.22. The topological polar surface area (TPSA) is 59.6 Å². The van der Waals surface area contributed by atoms with E-state index >= 15 is 0 Å². The number of benzene rings is 1. The molecule has 20 heavy (non-hydrogen) atoms. The van der Waals surface area contributed by atoms with Crippen LogP contribution in [-0.2, 0) is 9.53 Å². The van der Waals surface area contributed by atoms with Crippen molar-refractivity contribution in [2.45, 2.75) is 13.0 Å². The number of hydrogen-bond donors (Lipinski definition) is 2. The summed E-state index contributed by atoms with van der Waals surface area (Å²) < 4.78 is 10.9. The molecule has 0 saturated carbocycles. The van der Waals surface area contributed by atoms with E-state index in [0.29, 0.717) is 26.3 Å². The van der Waals surface area contributed by atoms with Gasteiger partial charge in [0.25, 0.3) is 5.91 Å². The maximum atomic E-state index is 11.7. The summed E-state index contributed by atoms with van der Waals surface area (Å²) in [5.74, 6) is 0.732. The number of nitrogens with one attached hydrogen (secondary N) is 2. The second-order valence-corrected chi connectivity index (χ2v) is 4.52. The molecular formula is C14H21ClN2O3.